The number of thiazole rings is 1. The van der Waals surface area contributed by atoms with E-state index < -0.39 is 5.60 Å². The van der Waals surface area contributed by atoms with Crippen LogP contribution in [-0.2, 0) is 4.74 Å². The van der Waals surface area contributed by atoms with Crippen LogP contribution in [0.1, 0.15) is 52.7 Å². The Morgan fingerprint density at radius 1 is 1.24 bits per heavy atom. The number of ether oxygens (including phenoxy) is 1. The van der Waals surface area contributed by atoms with E-state index >= 15 is 0 Å². The highest BCUT2D eigenvalue weighted by atomic mass is 32.1. The second kappa shape index (κ2) is 9.87. The summed E-state index contributed by atoms with van der Waals surface area (Å²) in [6, 6.07) is 2.22. The number of hydrogen-bond acceptors (Lipinski definition) is 9. The molecule has 8 nitrogen and oxygen atoms in total. The number of fused-ring (bicyclic) bond motifs is 1. The van der Waals surface area contributed by atoms with Gasteiger partial charge in [0.25, 0.3) is 0 Å². The minimum atomic E-state index is -0.677. The Hall–Kier alpha value is -2.36. The molecule has 0 radical (unpaired) electrons. The van der Waals surface area contributed by atoms with E-state index in [0.29, 0.717) is 19.1 Å². The van der Waals surface area contributed by atoms with Crippen molar-refractivity contribution in [3.05, 3.63) is 24.2 Å². The van der Waals surface area contributed by atoms with Crippen LogP contribution in [0.15, 0.2) is 18.5 Å². The van der Waals surface area contributed by atoms with Gasteiger partial charge in [0.05, 0.1) is 40.5 Å². The van der Waals surface area contributed by atoms with E-state index in [4.69, 9.17) is 19.7 Å². The molecule has 2 unspecified atom stereocenters. The first-order chi connectivity index (χ1) is 15.7. The molecular weight excluding hydrogens is 436 g/mol. The third-order valence-corrected chi connectivity index (χ3v) is 7.16. The van der Waals surface area contributed by atoms with Crippen molar-refractivity contribution in [1.82, 2.24) is 19.9 Å². The van der Waals surface area contributed by atoms with E-state index in [1.165, 1.54) is 0 Å². The maximum atomic E-state index is 10.5. The third-order valence-electron chi connectivity index (χ3n) is 6.10. The molecule has 0 amide bonds. The highest BCUT2D eigenvalue weighted by Gasteiger charge is 2.35. The molecule has 0 saturated heterocycles. The van der Waals surface area contributed by atoms with Crippen molar-refractivity contribution in [2.75, 3.05) is 23.8 Å². The summed E-state index contributed by atoms with van der Waals surface area (Å²) in [5.74, 6) is 1.62. The largest absolute Gasteiger partial charge is 0.390 e. The van der Waals surface area contributed by atoms with Crippen LogP contribution in [0.3, 0.4) is 0 Å². The Morgan fingerprint density at radius 3 is 2.76 bits per heavy atom. The van der Waals surface area contributed by atoms with Crippen LogP contribution in [0, 0.1) is 12.8 Å². The van der Waals surface area contributed by atoms with Crippen molar-refractivity contribution in [2.45, 2.75) is 71.6 Å². The lowest BCUT2D eigenvalue weighted by Crippen LogP contribution is -2.30. The van der Waals surface area contributed by atoms with Crippen LogP contribution in [0.5, 0.6) is 0 Å². The summed E-state index contributed by atoms with van der Waals surface area (Å²) in [5, 5.41) is 18.3. The maximum Gasteiger partial charge on any atom is 0.224 e. The lowest BCUT2D eigenvalue weighted by atomic mass is 9.89. The number of nitrogens with zero attached hydrogens (tertiary/aromatic N) is 4. The Balaban J connectivity index is 1.63. The van der Waals surface area contributed by atoms with Gasteiger partial charge in [0, 0.05) is 18.8 Å². The fourth-order valence-electron chi connectivity index (χ4n) is 4.30. The fourth-order valence-corrected chi connectivity index (χ4v) is 5.34. The van der Waals surface area contributed by atoms with Gasteiger partial charge in [-0.05, 0) is 65.9 Å². The first kappa shape index (κ1) is 23.8. The quantitative estimate of drug-likeness (QED) is 0.388. The lowest BCUT2D eigenvalue weighted by molar-refractivity contribution is 0.0197. The Bertz CT molecular complexity index is 1060. The van der Waals surface area contributed by atoms with Crippen LogP contribution in [0.2, 0.25) is 0 Å². The number of anilines is 2. The predicted octanol–water partition coefficient (Wildman–Crippen LogP) is 4.65. The maximum absolute atomic E-state index is 10.5. The molecule has 178 valence electrons. The fraction of sp³-hybridized carbons (Fsp3) is 0.583. The number of aromatic nitrogens is 4. The average Bonchev–Trinajstić information content (AvgIpc) is 3.37. The van der Waals surface area contributed by atoms with Crippen molar-refractivity contribution in [2.24, 2.45) is 5.92 Å². The zero-order chi connectivity index (χ0) is 23.6. The Morgan fingerprint density at radius 2 is 2.06 bits per heavy atom. The van der Waals surface area contributed by atoms with E-state index in [0.717, 1.165) is 51.6 Å². The Kier molecular flexibility index (Phi) is 7.11. The predicted molar refractivity (Wildman–Crippen MR) is 134 cm³/mol. The summed E-state index contributed by atoms with van der Waals surface area (Å²) in [6.45, 7) is 11.1. The van der Waals surface area contributed by atoms with Gasteiger partial charge in [-0.3, -0.25) is 4.98 Å². The van der Waals surface area contributed by atoms with Gasteiger partial charge in [-0.15, -0.1) is 11.3 Å². The average molecular weight is 471 g/mol. The van der Waals surface area contributed by atoms with Crippen LogP contribution in [0.4, 0.5) is 11.8 Å². The topological polar surface area (TPSA) is 105 Å². The zero-order valence-electron chi connectivity index (χ0n) is 20.1. The first-order valence-electron chi connectivity index (χ1n) is 11.6. The molecule has 3 aromatic heterocycles. The Labute approximate surface area is 199 Å². The summed E-state index contributed by atoms with van der Waals surface area (Å²) in [4.78, 5) is 18.6. The second-order valence-electron chi connectivity index (χ2n) is 9.57. The molecule has 3 aromatic rings. The molecule has 1 aliphatic rings. The minimum absolute atomic E-state index is 0.189. The minimum Gasteiger partial charge on any atom is -0.390 e. The highest BCUT2D eigenvalue weighted by molar-refractivity contribution is 7.21. The summed E-state index contributed by atoms with van der Waals surface area (Å²) in [7, 11) is 0. The van der Waals surface area contributed by atoms with Crippen LogP contribution in [-0.4, -0.2) is 55.9 Å². The summed E-state index contributed by atoms with van der Waals surface area (Å²) < 4.78 is 6.71. The number of pyridine rings is 1. The number of nitrogens with one attached hydrogen (secondary N) is 2. The summed E-state index contributed by atoms with van der Waals surface area (Å²) in [5.41, 5.74) is 1.99. The normalized spacial score (nSPS) is 18.9. The van der Waals surface area contributed by atoms with Gasteiger partial charge in [0.15, 0.2) is 0 Å². The zero-order valence-corrected chi connectivity index (χ0v) is 20.9. The van der Waals surface area contributed by atoms with Gasteiger partial charge in [-0.25, -0.2) is 9.97 Å². The monoisotopic (exact) mass is 470 g/mol. The first-order valence-corrected chi connectivity index (χ1v) is 12.5. The molecule has 0 aromatic carbocycles. The number of hydrogen-bond donors (Lipinski definition) is 3. The van der Waals surface area contributed by atoms with E-state index in [-0.39, 0.29) is 18.1 Å². The molecule has 1 aliphatic carbocycles. The van der Waals surface area contributed by atoms with Crippen LogP contribution >= 0.6 is 11.3 Å². The molecule has 0 bridgehead atoms. The summed E-state index contributed by atoms with van der Waals surface area (Å²) in [6.07, 6.45) is 6.65. The van der Waals surface area contributed by atoms with Crippen molar-refractivity contribution in [1.29, 1.82) is 0 Å². The molecule has 33 heavy (non-hydrogen) atoms. The molecule has 4 rings (SSSR count). The van der Waals surface area contributed by atoms with Gasteiger partial charge in [-0.2, -0.15) is 4.98 Å². The number of rotatable bonds is 9. The number of aliphatic hydroxyl groups is 1. The van der Waals surface area contributed by atoms with E-state index in [1.54, 1.807) is 23.7 Å². The third kappa shape index (κ3) is 5.77. The molecule has 0 spiro atoms. The molecule has 3 N–H and O–H groups in total. The van der Waals surface area contributed by atoms with Gasteiger partial charge in [0.1, 0.15) is 16.3 Å². The van der Waals surface area contributed by atoms with Crippen molar-refractivity contribution in [3.63, 3.8) is 0 Å². The second-order valence-corrected chi connectivity index (χ2v) is 10.6. The van der Waals surface area contributed by atoms with E-state index in [2.05, 4.69) is 15.6 Å². The standard InChI is InChI=1S/C24H34N6O2S/c1-14(2)32-11-10-26-23-27-15(3)20(22-29-18-13-25-9-8-19(18)33-22)21(30-23)28-17-7-6-16(12-17)24(4,5)31/h8-9,13-14,16-17,31H,6-7,10-12H2,1-5H3,(H2,26,27,28,30). The molecule has 9 heteroatoms. The van der Waals surface area contributed by atoms with E-state index in [9.17, 15) is 5.11 Å². The molecule has 1 fully saturated rings. The van der Waals surface area contributed by atoms with Crippen LogP contribution < -0.4 is 10.6 Å². The number of aryl methyl sites for hydroxylation is 1. The molecular formula is C24H34N6O2S. The van der Waals surface area contributed by atoms with Gasteiger partial charge in [0.2, 0.25) is 5.95 Å². The highest BCUT2D eigenvalue weighted by Crippen LogP contribution is 2.39. The smallest absolute Gasteiger partial charge is 0.224 e. The SMILES string of the molecule is Cc1nc(NCCOC(C)C)nc(NC2CCC(C(C)(C)O)C2)c1-c1nc2cnccc2s1. The van der Waals surface area contributed by atoms with Gasteiger partial charge >= 0.3 is 0 Å². The van der Waals surface area contributed by atoms with Crippen molar-refractivity contribution in [3.8, 4) is 10.6 Å². The van der Waals surface area contributed by atoms with E-state index in [1.807, 2.05) is 40.7 Å². The molecule has 1 saturated carbocycles. The van der Waals surface area contributed by atoms with Crippen molar-refractivity contribution < 1.29 is 9.84 Å². The molecule has 2 atom stereocenters. The molecule has 0 aliphatic heterocycles. The van der Waals surface area contributed by atoms with Crippen LogP contribution in [0.25, 0.3) is 20.8 Å². The van der Waals surface area contributed by atoms with Crippen molar-refractivity contribution >= 4 is 33.3 Å². The van der Waals surface area contributed by atoms with Gasteiger partial charge < -0.3 is 20.5 Å². The summed E-state index contributed by atoms with van der Waals surface area (Å²) >= 11 is 1.62. The van der Waals surface area contributed by atoms with Gasteiger partial charge in [-0.1, -0.05) is 0 Å². The molecule has 3 heterocycles. The lowest BCUT2D eigenvalue weighted by Gasteiger charge is -2.25.